The van der Waals surface area contributed by atoms with Crippen molar-refractivity contribution in [2.75, 3.05) is 18.4 Å². The first kappa shape index (κ1) is 15.4. The number of non-ortho nitro benzene ring substituents is 1. The zero-order valence-corrected chi connectivity index (χ0v) is 12.1. The van der Waals surface area contributed by atoms with Crippen molar-refractivity contribution in [2.45, 2.75) is 6.92 Å². The molecule has 7 nitrogen and oxygen atoms in total. The number of hydrogen-bond donors (Lipinski definition) is 2. The molecule has 0 spiro atoms. The number of nitrogens with one attached hydrogen (secondary N) is 2. The average Bonchev–Trinajstić information content (AvgIpc) is 2.51. The van der Waals surface area contributed by atoms with Gasteiger partial charge in [0.2, 0.25) is 0 Å². The van der Waals surface area contributed by atoms with Crippen LogP contribution in [0.5, 0.6) is 0 Å². The standard InChI is InChI=1S/C15H16N4O3/c1-11-3-2-4-14(18-11)15(20)17-10-9-16-12-5-7-13(8-6-12)19(21)22/h2-8,16H,9-10H2,1H3,(H,17,20). The first-order valence-electron chi connectivity index (χ1n) is 6.76. The lowest BCUT2D eigenvalue weighted by atomic mass is 10.3. The van der Waals surface area contributed by atoms with Crippen LogP contribution >= 0.6 is 0 Å². The minimum atomic E-state index is -0.446. The van der Waals surface area contributed by atoms with Crippen LogP contribution < -0.4 is 10.6 Å². The van der Waals surface area contributed by atoms with E-state index in [4.69, 9.17) is 0 Å². The molecule has 7 heteroatoms. The van der Waals surface area contributed by atoms with Crippen LogP contribution in [0.3, 0.4) is 0 Å². The second-order valence-electron chi connectivity index (χ2n) is 4.65. The molecule has 2 N–H and O–H groups in total. The number of benzene rings is 1. The van der Waals surface area contributed by atoms with Gasteiger partial charge in [0.05, 0.1) is 4.92 Å². The summed E-state index contributed by atoms with van der Waals surface area (Å²) in [6.45, 7) is 2.76. The number of carbonyl (C=O) groups is 1. The molecule has 0 atom stereocenters. The number of amides is 1. The van der Waals surface area contributed by atoms with E-state index in [0.29, 0.717) is 18.8 Å². The molecule has 0 saturated heterocycles. The van der Waals surface area contributed by atoms with Crippen LogP contribution in [0.15, 0.2) is 42.5 Å². The first-order valence-corrected chi connectivity index (χ1v) is 6.76. The van der Waals surface area contributed by atoms with Crippen LogP contribution in [0.4, 0.5) is 11.4 Å². The van der Waals surface area contributed by atoms with Gasteiger partial charge in [0.25, 0.3) is 11.6 Å². The molecule has 2 rings (SSSR count). The van der Waals surface area contributed by atoms with Gasteiger partial charge in [-0.2, -0.15) is 0 Å². The molecule has 0 aliphatic heterocycles. The highest BCUT2D eigenvalue weighted by molar-refractivity contribution is 5.92. The topological polar surface area (TPSA) is 97.2 Å². The number of nitro benzene ring substituents is 1. The summed E-state index contributed by atoms with van der Waals surface area (Å²) in [5.74, 6) is -0.228. The van der Waals surface area contributed by atoms with Gasteiger partial charge in [-0.05, 0) is 31.2 Å². The normalized spacial score (nSPS) is 10.0. The number of hydrogen-bond acceptors (Lipinski definition) is 5. The first-order chi connectivity index (χ1) is 10.6. The number of carbonyl (C=O) groups excluding carboxylic acids is 1. The predicted molar refractivity (Wildman–Crippen MR) is 82.9 cm³/mol. The molecule has 22 heavy (non-hydrogen) atoms. The Kier molecular flexibility index (Phi) is 5.02. The molecule has 1 amide bonds. The van der Waals surface area contributed by atoms with Gasteiger partial charge in [0.15, 0.2) is 0 Å². The molecule has 0 saturated carbocycles. The highest BCUT2D eigenvalue weighted by Gasteiger charge is 2.06. The van der Waals surface area contributed by atoms with E-state index in [9.17, 15) is 14.9 Å². The van der Waals surface area contributed by atoms with Gasteiger partial charge in [0.1, 0.15) is 5.69 Å². The maximum Gasteiger partial charge on any atom is 0.269 e. The quantitative estimate of drug-likeness (QED) is 0.484. The summed E-state index contributed by atoms with van der Waals surface area (Å²) in [5.41, 5.74) is 1.98. The van der Waals surface area contributed by atoms with Crippen molar-refractivity contribution < 1.29 is 9.72 Å². The van der Waals surface area contributed by atoms with E-state index in [-0.39, 0.29) is 11.6 Å². The van der Waals surface area contributed by atoms with E-state index in [0.717, 1.165) is 11.4 Å². The lowest BCUT2D eigenvalue weighted by molar-refractivity contribution is -0.384. The summed E-state index contributed by atoms with van der Waals surface area (Å²) in [6.07, 6.45) is 0. The molecular weight excluding hydrogens is 284 g/mol. The number of rotatable bonds is 6. The lowest BCUT2D eigenvalue weighted by Crippen LogP contribution is -2.29. The number of pyridine rings is 1. The molecule has 0 radical (unpaired) electrons. The highest BCUT2D eigenvalue weighted by Crippen LogP contribution is 2.14. The smallest absolute Gasteiger partial charge is 0.269 e. The van der Waals surface area contributed by atoms with Crippen LogP contribution in [0, 0.1) is 17.0 Å². The van der Waals surface area contributed by atoms with Crippen LogP contribution in [-0.4, -0.2) is 28.9 Å². The van der Waals surface area contributed by atoms with Gasteiger partial charge in [0, 0.05) is 36.6 Å². The molecule has 1 aromatic carbocycles. The third-order valence-electron chi connectivity index (χ3n) is 2.94. The Morgan fingerprint density at radius 2 is 1.91 bits per heavy atom. The zero-order valence-electron chi connectivity index (χ0n) is 12.1. The number of aromatic nitrogens is 1. The van der Waals surface area contributed by atoms with Gasteiger partial charge >= 0.3 is 0 Å². The Morgan fingerprint density at radius 1 is 1.18 bits per heavy atom. The largest absolute Gasteiger partial charge is 0.383 e. The van der Waals surface area contributed by atoms with E-state index < -0.39 is 4.92 Å². The van der Waals surface area contributed by atoms with Crippen molar-refractivity contribution in [1.82, 2.24) is 10.3 Å². The highest BCUT2D eigenvalue weighted by atomic mass is 16.6. The molecule has 0 unspecified atom stereocenters. The fraction of sp³-hybridized carbons (Fsp3) is 0.200. The van der Waals surface area contributed by atoms with Crippen molar-refractivity contribution in [2.24, 2.45) is 0 Å². The Hall–Kier alpha value is -2.96. The van der Waals surface area contributed by atoms with Gasteiger partial charge in [-0.15, -0.1) is 0 Å². The van der Waals surface area contributed by atoms with Crippen molar-refractivity contribution >= 4 is 17.3 Å². The minimum Gasteiger partial charge on any atom is -0.383 e. The second kappa shape index (κ2) is 7.16. The minimum absolute atomic E-state index is 0.0457. The molecule has 114 valence electrons. The van der Waals surface area contributed by atoms with Gasteiger partial charge < -0.3 is 10.6 Å². The molecule has 0 bridgehead atoms. The Balaban J connectivity index is 1.77. The third kappa shape index (κ3) is 4.27. The maximum atomic E-state index is 11.9. The van der Waals surface area contributed by atoms with E-state index in [2.05, 4.69) is 15.6 Å². The van der Waals surface area contributed by atoms with Gasteiger partial charge in [-0.1, -0.05) is 6.07 Å². The lowest BCUT2D eigenvalue weighted by Gasteiger charge is -2.08. The summed E-state index contributed by atoms with van der Waals surface area (Å²) >= 11 is 0. The summed E-state index contributed by atoms with van der Waals surface area (Å²) in [7, 11) is 0. The maximum absolute atomic E-state index is 11.9. The van der Waals surface area contributed by atoms with Crippen molar-refractivity contribution in [3.8, 4) is 0 Å². The molecule has 0 aliphatic rings. The SMILES string of the molecule is Cc1cccc(C(=O)NCCNc2ccc([N+](=O)[O-])cc2)n1. The molecule has 1 aromatic heterocycles. The number of nitrogens with zero attached hydrogens (tertiary/aromatic N) is 2. The van der Waals surface area contributed by atoms with Crippen LogP contribution in [0.25, 0.3) is 0 Å². The van der Waals surface area contributed by atoms with E-state index >= 15 is 0 Å². The van der Waals surface area contributed by atoms with E-state index in [1.165, 1.54) is 12.1 Å². The van der Waals surface area contributed by atoms with Crippen LogP contribution in [0.2, 0.25) is 0 Å². The Labute approximate surface area is 127 Å². The summed E-state index contributed by atoms with van der Waals surface area (Å²) in [5, 5.41) is 16.4. The molecule has 0 fully saturated rings. The third-order valence-corrected chi connectivity index (χ3v) is 2.94. The zero-order chi connectivity index (χ0) is 15.9. The fourth-order valence-electron chi connectivity index (χ4n) is 1.84. The molecule has 1 heterocycles. The van der Waals surface area contributed by atoms with Gasteiger partial charge in [-0.3, -0.25) is 14.9 Å². The Morgan fingerprint density at radius 3 is 2.55 bits per heavy atom. The molecular formula is C15H16N4O3. The summed E-state index contributed by atoms with van der Waals surface area (Å²) in [6, 6.07) is 11.4. The monoisotopic (exact) mass is 300 g/mol. The van der Waals surface area contributed by atoms with E-state index in [1.54, 1.807) is 24.3 Å². The van der Waals surface area contributed by atoms with Crippen molar-refractivity contribution in [1.29, 1.82) is 0 Å². The fourth-order valence-corrected chi connectivity index (χ4v) is 1.84. The van der Waals surface area contributed by atoms with Crippen LogP contribution in [0.1, 0.15) is 16.2 Å². The van der Waals surface area contributed by atoms with E-state index in [1.807, 2.05) is 13.0 Å². The predicted octanol–water partition coefficient (Wildman–Crippen LogP) is 2.14. The van der Waals surface area contributed by atoms with Gasteiger partial charge in [-0.25, -0.2) is 4.98 Å². The second-order valence-corrected chi connectivity index (χ2v) is 4.65. The number of aryl methyl sites for hydroxylation is 1. The van der Waals surface area contributed by atoms with Crippen molar-refractivity contribution in [3.05, 3.63) is 64.0 Å². The van der Waals surface area contributed by atoms with Crippen molar-refractivity contribution in [3.63, 3.8) is 0 Å². The number of anilines is 1. The number of nitro groups is 1. The molecule has 0 aliphatic carbocycles. The van der Waals surface area contributed by atoms with Crippen LogP contribution in [-0.2, 0) is 0 Å². The molecule has 2 aromatic rings. The average molecular weight is 300 g/mol. The summed E-state index contributed by atoms with van der Waals surface area (Å²) < 4.78 is 0. The Bertz CT molecular complexity index is 671. The summed E-state index contributed by atoms with van der Waals surface area (Å²) in [4.78, 5) is 26.1.